The van der Waals surface area contributed by atoms with Crippen LogP contribution in [0.4, 0.5) is 14.5 Å². The van der Waals surface area contributed by atoms with Crippen molar-refractivity contribution < 1.29 is 31.5 Å². The number of rotatable bonds is 5. The van der Waals surface area contributed by atoms with Gasteiger partial charge in [-0.25, -0.2) is 17.2 Å². The van der Waals surface area contributed by atoms with E-state index in [-0.39, 0.29) is 29.5 Å². The van der Waals surface area contributed by atoms with E-state index in [0.717, 1.165) is 12.1 Å². The lowest BCUT2D eigenvalue weighted by Gasteiger charge is -2.09. The molecule has 1 fully saturated rings. The topological polar surface area (TPSA) is 89.5 Å². The Hall–Kier alpha value is -2.03. The summed E-state index contributed by atoms with van der Waals surface area (Å²) in [5.74, 6) is -3.81. The van der Waals surface area contributed by atoms with Crippen LogP contribution in [0.15, 0.2) is 18.2 Å². The molecular formula is C14H15F2NO5S. The fourth-order valence-corrected chi connectivity index (χ4v) is 4.11. The van der Waals surface area contributed by atoms with Crippen LogP contribution in [0.1, 0.15) is 12.8 Å². The Morgan fingerprint density at radius 2 is 2.00 bits per heavy atom. The quantitative estimate of drug-likeness (QED) is 0.810. The number of benzene rings is 1. The van der Waals surface area contributed by atoms with Crippen molar-refractivity contribution in [2.24, 2.45) is 5.92 Å². The zero-order chi connectivity index (χ0) is 17.0. The summed E-state index contributed by atoms with van der Waals surface area (Å²) in [5, 5.41) is 2.25. The minimum Gasteiger partial charge on any atom is -0.456 e. The molecule has 0 radical (unpaired) electrons. The lowest BCUT2D eigenvalue weighted by atomic mass is 10.1. The average Bonchev–Trinajstić information content (AvgIpc) is 2.80. The Labute approximate surface area is 131 Å². The Balaban J connectivity index is 1.75. The molecule has 1 aromatic carbocycles. The van der Waals surface area contributed by atoms with E-state index in [4.69, 9.17) is 4.74 Å². The van der Waals surface area contributed by atoms with E-state index in [0.29, 0.717) is 6.42 Å². The molecule has 1 saturated heterocycles. The van der Waals surface area contributed by atoms with Crippen LogP contribution in [-0.2, 0) is 24.2 Å². The molecule has 1 N–H and O–H groups in total. The molecule has 6 nitrogen and oxygen atoms in total. The van der Waals surface area contributed by atoms with Crippen molar-refractivity contribution in [2.45, 2.75) is 12.8 Å². The van der Waals surface area contributed by atoms with Gasteiger partial charge in [-0.05, 0) is 24.5 Å². The van der Waals surface area contributed by atoms with Gasteiger partial charge in [0.1, 0.15) is 0 Å². The Morgan fingerprint density at radius 1 is 1.26 bits per heavy atom. The lowest BCUT2D eigenvalue weighted by molar-refractivity contribution is -0.148. The van der Waals surface area contributed by atoms with E-state index in [1.807, 2.05) is 0 Å². The van der Waals surface area contributed by atoms with E-state index < -0.39 is 40.0 Å². The van der Waals surface area contributed by atoms with E-state index in [9.17, 15) is 26.8 Å². The molecule has 9 heteroatoms. The Bertz CT molecular complexity index is 720. The molecule has 0 saturated carbocycles. The standard InChI is InChI=1S/C14H15F2NO5S/c15-11-2-1-10(6-12(11)16)17-13(18)7-22-14(19)5-9-3-4-23(20,21)8-9/h1-2,6,9H,3-5,7-8H2,(H,17,18)/t9-/m1/s1. The molecule has 1 aromatic rings. The van der Waals surface area contributed by atoms with E-state index >= 15 is 0 Å². The molecule has 0 aromatic heterocycles. The van der Waals surface area contributed by atoms with E-state index in [1.54, 1.807) is 0 Å². The third kappa shape index (κ3) is 5.27. The van der Waals surface area contributed by atoms with Crippen LogP contribution in [-0.4, -0.2) is 38.4 Å². The minimum absolute atomic E-state index is 0.0341. The second-order valence-electron chi connectivity index (χ2n) is 5.31. The van der Waals surface area contributed by atoms with Crippen molar-refractivity contribution in [1.82, 2.24) is 0 Å². The number of hydrogen-bond acceptors (Lipinski definition) is 5. The SMILES string of the molecule is O=C(COC(=O)C[C@H]1CCS(=O)(=O)C1)Nc1ccc(F)c(F)c1. The highest BCUT2D eigenvalue weighted by Crippen LogP contribution is 2.21. The second-order valence-corrected chi connectivity index (χ2v) is 7.54. The van der Waals surface area contributed by atoms with Crippen molar-refractivity contribution in [3.05, 3.63) is 29.8 Å². The predicted molar refractivity (Wildman–Crippen MR) is 77.3 cm³/mol. The van der Waals surface area contributed by atoms with E-state index in [1.165, 1.54) is 6.07 Å². The highest BCUT2D eigenvalue weighted by atomic mass is 32.2. The number of carbonyl (C=O) groups excluding carboxylic acids is 2. The number of halogens is 2. The number of anilines is 1. The highest BCUT2D eigenvalue weighted by Gasteiger charge is 2.29. The van der Waals surface area contributed by atoms with Crippen molar-refractivity contribution in [3.63, 3.8) is 0 Å². The van der Waals surface area contributed by atoms with Gasteiger partial charge in [-0.15, -0.1) is 0 Å². The number of nitrogens with one attached hydrogen (secondary N) is 1. The van der Waals surface area contributed by atoms with Crippen LogP contribution < -0.4 is 5.32 Å². The zero-order valence-corrected chi connectivity index (χ0v) is 12.9. The number of sulfone groups is 1. The molecule has 1 aliphatic rings. The number of ether oxygens (including phenoxy) is 1. The summed E-state index contributed by atoms with van der Waals surface area (Å²) in [5.41, 5.74) is 0.0341. The number of amides is 1. The van der Waals surface area contributed by atoms with Crippen molar-refractivity contribution in [2.75, 3.05) is 23.4 Å². The van der Waals surface area contributed by atoms with Gasteiger partial charge in [-0.2, -0.15) is 0 Å². The van der Waals surface area contributed by atoms with Crippen molar-refractivity contribution in [1.29, 1.82) is 0 Å². The molecule has 0 aliphatic carbocycles. The maximum atomic E-state index is 13.0. The Kier molecular flexibility index (Phi) is 5.30. The number of esters is 1. The van der Waals surface area contributed by atoms with E-state index in [2.05, 4.69) is 5.32 Å². The molecule has 1 amide bonds. The zero-order valence-electron chi connectivity index (χ0n) is 12.1. The smallest absolute Gasteiger partial charge is 0.306 e. The van der Waals surface area contributed by atoms with Crippen LogP contribution in [0.3, 0.4) is 0 Å². The fourth-order valence-electron chi connectivity index (χ4n) is 2.24. The molecule has 0 unspecified atom stereocenters. The van der Waals surface area contributed by atoms with Gasteiger partial charge in [0.25, 0.3) is 5.91 Å². The molecule has 0 spiro atoms. The van der Waals surface area contributed by atoms with Gasteiger partial charge < -0.3 is 10.1 Å². The monoisotopic (exact) mass is 347 g/mol. The average molecular weight is 347 g/mol. The summed E-state index contributed by atoms with van der Waals surface area (Å²) in [4.78, 5) is 23.1. The van der Waals surface area contributed by atoms with Gasteiger partial charge in [0.15, 0.2) is 28.1 Å². The predicted octanol–water partition coefficient (Wildman–Crippen LogP) is 1.27. The summed E-state index contributed by atoms with van der Waals surface area (Å²) < 4.78 is 53.0. The summed E-state index contributed by atoms with van der Waals surface area (Å²) >= 11 is 0. The first-order valence-electron chi connectivity index (χ1n) is 6.86. The fraction of sp³-hybridized carbons (Fsp3) is 0.429. The molecular weight excluding hydrogens is 332 g/mol. The van der Waals surface area contributed by atoms with Gasteiger partial charge in [-0.3, -0.25) is 9.59 Å². The van der Waals surface area contributed by atoms with Crippen LogP contribution in [0.25, 0.3) is 0 Å². The third-order valence-corrected chi connectivity index (χ3v) is 5.19. The molecule has 1 heterocycles. The van der Waals surface area contributed by atoms with Gasteiger partial charge in [-0.1, -0.05) is 0 Å². The van der Waals surface area contributed by atoms with Gasteiger partial charge >= 0.3 is 5.97 Å². The summed E-state index contributed by atoms with van der Waals surface area (Å²) in [6.07, 6.45) is 0.330. The first-order valence-corrected chi connectivity index (χ1v) is 8.68. The van der Waals surface area contributed by atoms with Crippen molar-refractivity contribution in [3.8, 4) is 0 Å². The van der Waals surface area contributed by atoms with Gasteiger partial charge in [0.2, 0.25) is 0 Å². The largest absolute Gasteiger partial charge is 0.456 e. The highest BCUT2D eigenvalue weighted by molar-refractivity contribution is 7.91. The van der Waals surface area contributed by atoms with Crippen LogP contribution in [0.5, 0.6) is 0 Å². The molecule has 126 valence electrons. The molecule has 1 atom stereocenters. The maximum absolute atomic E-state index is 13.0. The summed E-state index contributed by atoms with van der Waals surface area (Å²) in [6.45, 7) is -0.586. The van der Waals surface area contributed by atoms with Crippen LogP contribution in [0, 0.1) is 17.6 Å². The van der Waals surface area contributed by atoms with Gasteiger partial charge in [0, 0.05) is 18.2 Å². The Morgan fingerprint density at radius 3 is 2.61 bits per heavy atom. The molecule has 23 heavy (non-hydrogen) atoms. The maximum Gasteiger partial charge on any atom is 0.306 e. The summed E-state index contributed by atoms with van der Waals surface area (Å²) in [7, 11) is -3.07. The van der Waals surface area contributed by atoms with Crippen LogP contribution >= 0.6 is 0 Å². The first kappa shape index (κ1) is 17.3. The number of hydrogen-bond donors (Lipinski definition) is 1. The number of carbonyl (C=O) groups is 2. The first-order chi connectivity index (χ1) is 10.7. The molecule has 1 aliphatic heterocycles. The second kappa shape index (κ2) is 7.03. The minimum atomic E-state index is -3.07. The van der Waals surface area contributed by atoms with Crippen molar-refractivity contribution >= 4 is 27.4 Å². The molecule has 0 bridgehead atoms. The lowest BCUT2D eigenvalue weighted by Crippen LogP contribution is -2.22. The normalized spacial score (nSPS) is 19.3. The third-order valence-electron chi connectivity index (χ3n) is 3.35. The van der Waals surface area contributed by atoms with Crippen LogP contribution in [0.2, 0.25) is 0 Å². The van der Waals surface area contributed by atoms with Gasteiger partial charge in [0.05, 0.1) is 11.5 Å². The summed E-state index contributed by atoms with van der Waals surface area (Å²) in [6, 6.07) is 2.83. The molecule has 2 rings (SSSR count).